The second-order valence-electron chi connectivity index (χ2n) is 5.68. The molecule has 0 radical (unpaired) electrons. The minimum Gasteiger partial charge on any atom is -0.496 e. The van der Waals surface area contributed by atoms with Crippen LogP contribution in [0.4, 0.5) is 5.69 Å². The molecular weight excluding hydrogens is 400 g/mol. The monoisotopic (exact) mass is 416 g/mol. The number of aromatic amines is 1. The lowest BCUT2D eigenvalue weighted by Gasteiger charge is -2.05. The normalized spacial score (nSPS) is 11.4. The minimum absolute atomic E-state index is 0.0430. The van der Waals surface area contributed by atoms with Gasteiger partial charge in [0.1, 0.15) is 28.0 Å². The number of thioether (sulfide) groups is 1. The molecule has 0 aliphatic carbocycles. The van der Waals surface area contributed by atoms with Gasteiger partial charge in [0, 0.05) is 24.6 Å². The minimum atomic E-state index is -1.16. The van der Waals surface area contributed by atoms with E-state index in [2.05, 4.69) is 15.2 Å². The zero-order valence-electron chi connectivity index (χ0n) is 15.4. The van der Waals surface area contributed by atoms with Crippen molar-refractivity contribution in [2.24, 2.45) is 0 Å². The number of nitro groups is 1. The maximum atomic E-state index is 11.6. The van der Waals surface area contributed by atoms with E-state index in [1.165, 1.54) is 31.4 Å². The zero-order valence-corrected chi connectivity index (χ0v) is 16.2. The molecule has 3 rings (SSSR count). The Labute approximate surface area is 168 Å². The van der Waals surface area contributed by atoms with Crippen molar-refractivity contribution in [2.75, 3.05) is 7.11 Å². The molecule has 0 spiro atoms. The lowest BCUT2D eigenvalue weighted by molar-refractivity contribution is -0.384. The van der Waals surface area contributed by atoms with Crippen LogP contribution in [-0.2, 0) is 11.2 Å². The highest BCUT2D eigenvalue weighted by atomic mass is 32.2. The van der Waals surface area contributed by atoms with Crippen molar-refractivity contribution in [1.82, 2.24) is 15.2 Å². The van der Waals surface area contributed by atoms with E-state index in [1.807, 2.05) is 6.92 Å². The van der Waals surface area contributed by atoms with E-state index in [4.69, 9.17) is 9.15 Å². The predicted octanol–water partition coefficient (Wildman–Crippen LogP) is 3.76. The van der Waals surface area contributed by atoms with Gasteiger partial charge < -0.3 is 14.3 Å². The number of hydrogen-bond acceptors (Lipinski definition) is 8. The van der Waals surface area contributed by atoms with Crippen molar-refractivity contribution in [3.05, 3.63) is 56.9 Å². The Morgan fingerprint density at radius 1 is 1.41 bits per heavy atom. The van der Waals surface area contributed by atoms with Gasteiger partial charge in [0.25, 0.3) is 5.69 Å². The summed E-state index contributed by atoms with van der Waals surface area (Å²) in [5, 5.41) is 27.5. The fourth-order valence-electron chi connectivity index (χ4n) is 2.42. The first-order valence-electron chi connectivity index (χ1n) is 8.38. The molecule has 2 heterocycles. The Morgan fingerprint density at radius 2 is 2.21 bits per heavy atom. The number of hydrogen-bond donors (Lipinski definition) is 2. The second-order valence-corrected chi connectivity index (χ2v) is 6.69. The summed E-state index contributed by atoms with van der Waals surface area (Å²) >= 11 is 0.881. The summed E-state index contributed by atoms with van der Waals surface area (Å²) in [4.78, 5) is 26.3. The lowest BCUT2D eigenvalue weighted by atomic mass is 10.1. The molecule has 2 aromatic heterocycles. The van der Waals surface area contributed by atoms with Crippen LogP contribution < -0.4 is 4.74 Å². The van der Waals surface area contributed by atoms with Gasteiger partial charge in [0.2, 0.25) is 5.16 Å². The number of methoxy groups -OCH3 is 1. The number of H-pyrrole nitrogens is 1. The Kier molecular flexibility index (Phi) is 5.98. The summed E-state index contributed by atoms with van der Waals surface area (Å²) in [5.74, 6) is 0.433. The number of benzene rings is 1. The fourth-order valence-corrected chi connectivity index (χ4v) is 3.13. The molecule has 0 saturated carbocycles. The van der Waals surface area contributed by atoms with Gasteiger partial charge in [-0.2, -0.15) is 0 Å². The van der Waals surface area contributed by atoms with E-state index in [1.54, 1.807) is 12.1 Å². The Balaban J connectivity index is 1.92. The summed E-state index contributed by atoms with van der Waals surface area (Å²) in [6.45, 7) is 1.90. The summed E-state index contributed by atoms with van der Waals surface area (Å²) < 4.78 is 10.9. The van der Waals surface area contributed by atoms with Crippen molar-refractivity contribution < 1.29 is 24.0 Å². The second kappa shape index (κ2) is 8.61. The van der Waals surface area contributed by atoms with Crippen LogP contribution in [-0.4, -0.2) is 38.3 Å². The third-order valence-corrected chi connectivity index (χ3v) is 4.70. The average Bonchev–Trinajstić information content (AvgIpc) is 3.36. The molecule has 10 nitrogen and oxygen atoms in total. The van der Waals surface area contributed by atoms with Crippen molar-refractivity contribution in [3.8, 4) is 17.1 Å². The number of nitrogens with zero attached hydrogens (tertiary/aromatic N) is 3. The van der Waals surface area contributed by atoms with Crippen molar-refractivity contribution in [3.63, 3.8) is 0 Å². The van der Waals surface area contributed by atoms with Crippen molar-refractivity contribution in [1.29, 1.82) is 0 Å². The summed E-state index contributed by atoms with van der Waals surface area (Å²) in [5.41, 5.74) is 0.264. The fraction of sp³-hybridized carbons (Fsp3) is 0.167. The molecule has 0 aliphatic heterocycles. The number of furan rings is 1. The number of nitrogens with one attached hydrogen (secondary N) is 1. The third kappa shape index (κ3) is 4.63. The maximum absolute atomic E-state index is 11.6. The van der Waals surface area contributed by atoms with Gasteiger partial charge in [0.15, 0.2) is 0 Å². The molecule has 150 valence electrons. The van der Waals surface area contributed by atoms with Crippen LogP contribution in [0.3, 0.4) is 0 Å². The first-order chi connectivity index (χ1) is 13.9. The van der Waals surface area contributed by atoms with Gasteiger partial charge in [0.05, 0.1) is 17.6 Å². The van der Waals surface area contributed by atoms with E-state index in [-0.39, 0.29) is 21.5 Å². The summed E-state index contributed by atoms with van der Waals surface area (Å²) in [6, 6.07) is 7.27. The molecule has 1 aromatic carbocycles. The van der Waals surface area contributed by atoms with Crippen molar-refractivity contribution >= 4 is 29.5 Å². The molecule has 2 N–H and O–H groups in total. The zero-order chi connectivity index (χ0) is 21.0. The van der Waals surface area contributed by atoms with Crippen molar-refractivity contribution in [2.45, 2.75) is 18.5 Å². The number of rotatable bonds is 8. The number of non-ortho nitro benzene ring substituents is 1. The van der Waals surface area contributed by atoms with E-state index in [0.717, 1.165) is 11.8 Å². The Morgan fingerprint density at radius 3 is 2.83 bits per heavy atom. The molecule has 3 aromatic rings. The summed E-state index contributed by atoms with van der Waals surface area (Å²) in [7, 11) is 1.44. The first kappa shape index (κ1) is 20.1. The number of aryl methyl sites for hydroxylation is 1. The predicted molar refractivity (Wildman–Crippen MR) is 105 cm³/mol. The van der Waals surface area contributed by atoms with E-state index >= 15 is 0 Å². The van der Waals surface area contributed by atoms with Gasteiger partial charge in [-0.25, -0.2) is 9.78 Å². The maximum Gasteiger partial charge on any atom is 0.342 e. The highest BCUT2D eigenvalue weighted by Crippen LogP contribution is 2.35. The summed E-state index contributed by atoms with van der Waals surface area (Å²) in [6.07, 6.45) is 1.98. The molecule has 0 aliphatic rings. The molecule has 0 unspecified atom stereocenters. The van der Waals surface area contributed by atoms with E-state index in [9.17, 15) is 20.0 Å². The molecule has 0 bridgehead atoms. The van der Waals surface area contributed by atoms with Gasteiger partial charge in [-0.05, 0) is 30.0 Å². The topological polar surface area (TPSA) is 144 Å². The van der Waals surface area contributed by atoms with Gasteiger partial charge >= 0.3 is 5.97 Å². The van der Waals surface area contributed by atoms with Gasteiger partial charge in [-0.15, -0.1) is 5.10 Å². The van der Waals surface area contributed by atoms with Gasteiger partial charge in [-0.3, -0.25) is 15.2 Å². The Hall–Kier alpha value is -3.60. The highest BCUT2D eigenvalue weighted by Gasteiger charge is 2.18. The number of ether oxygens (including phenoxy) is 1. The number of aromatic nitrogens is 3. The number of carboxylic acid groups (broad SMARTS) is 1. The lowest BCUT2D eigenvalue weighted by Crippen LogP contribution is -1.97. The number of aliphatic carboxylic acids is 1. The quantitative estimate of drug-likeness (QED) is 0.243. The van der Waals surface area contributed by atoms with Crippen LogP contribution >= 0.6 is 11.8 Å². The van der Waals surface area contributed by atoms with Crippen LogP contribution in [0, 0.1) is 10.1 Å². The molecule has 0 fully saturated rings. The number of carboxylic acids is 1. The van der Waals surface area contributed by atoms with Crippen LogP contribution in [0.25, 0.3) is 17.4 Å². The van der Waals surface area contributed by atoms with Crippen LogP contribution in [0.1, 0.15) is 18.5 Å². The standard InChI is InChI=1S/C18H16N4O6S/c1-3-16-19-18(21-20-16)29-15(17(23)24)9-11-5-7-14(28-11)12-8-10(22(25)26)4-6-13(12)27-2/h4-9H,3H2,1-2H3,(H,23,24)(H,19,20,21)/b15-9-. The molecular formula is C18H16N4O6S. The largest absolute Gasteiger partial charge is 0.496 e. The highest BCUT2D eigenvalue weighted by molar-refractivity contribution is 8.04. The molecule has 0 atom stereocenters. The third-order valence-electron chi connectivity index (χ3n) is 3.82. The van der Waals surface area contributed by atoms with Crippen LogP contribution in [0.15, 0.2) is 44.8 Å². The average molecular weight is 416 g/mol. The molecule has 29 heavy (non-hydrogen) atoms. The van der Waals surface area contributed by atoms with Crippen LogP contribution in [0.5, 0.6) is 5.75 Å². The number of carbonyl (C=O) groups is 1. The van der Waals surface area contributed by atoms with Crippen LogP contribution in [0.2, 0.25) is 0 Å². The Bertz CT molecular complexity index is 1090. The number of nitro benzene ring substituents is 1. The van der Waals surface area contributed by atoms with Gasteiger partial charge in [-0.1, -0.05) is 6.92 Å². The smallest absolute Gasteiger partial charge is 0.342 e. The van der Waals surface area contributed by atoms with E-state index < -0.39 is 10.9 Å². The molecule has 0 amide bonds. The SMILES string of the molecule is CCc1nc(S/C(=C\c2ccc(-c3cc([N+](=O)[O-])ccc3OC)o2)C(=O)O)n[nH]1. The molecule has 11 heteroatoms. The first-order valence-corrected chi connectivity index (χ1v) is 9.19. The molecule has 0 saturated heterocycles. The van der Waals surface area contributed by atoms with E-state index in [0.29, 0.717) is 29.3 Å².